The van der Waals surface area contributed by atoms with Gasteiger partial charge in [-0.15, -0.1) is 10.2 Å². The van der Waals surface area contributed by atoms with E-state index in [2.05, 4.69) is 24.6 Å². The number of carbonyl (C=O) groups is 1. The number of amides is 1. The van der Waals surface area contributed by atoms with Crippen LogP contribution in [0.4, 0.5) is 0 Å². The maximum Gasteiger partial charge on any atom is 0.226 e. The van der Waals surface area contributed by atoms with Crippen molar-refractivity contribution in [2.75, 3.05) is 0 Å². The molecule has 2 aromatic heterocycles. The minimum atomic E-state index is 0.244. The Labute approximate surface area is 153 Å². The van der Waals surface area contributed by atoms with Crippen molar-refractivity contribution >= 4 is 5.91 Å². The van der Waals surface area contributed by atoms with Crippen LogP contribution in [-0.2, 0) is 17.8 Å². The molecule has 6 nitrogen and oxygen atoms in total. The van der Waals surface area contributed by atoms with Crippen LogP contribution < -0.4 is 0 Å². The van der Waals surface area contributed by atoms with Gasteiger partial charge in [0.1, 0.15) is 5.82 Å². The van der Waals surface area contributed by atoms with Gasteiger partial charge in [-0.05, 0) is 37.8 Å². The molecule has 26 heavy (non-hydrogen) atoms. The third kappa shape index (κ3) is 2.63. The predicted octanol–water partition coefficient (Wildman–Crippen LogP) is 2.84. The lowest BCUT2D eigenvalue weighted by molar-refractivity contribution is -0.139. The Hall–Kier alpha value is -2.24. The lowest BCUT2D eigenvalue weighted by Gasteiger charge is -2.33. The van der Waals surface area contributed by atoms with E-state index < -0.39 is 0 Å². The van der Waals surface area contributed by atoms with Crippen molar-refractivity contribution in [2.24, 2.45) is 5.92 Å². The Balaban J connectivity index is 1.44. The van der Waals surface area contributed by atoms with Crippen molar-refractivity contribution in [1.82, 2.24) is 24.6 Å². The molecule has 1 aliphatic carbocycles. The van der Waals surface area contributed by atoms with Gasteiger partial charge in [-0.3, -0.25) is 9.78 Å². The van der Waals surface area contributed by atoms with Gasteiger partial charge in [0.05, 0.1) is 6.04 Å². The standard InChI is InChI=1S/C20H25N5O/c26-20(14-5-2-1-3-6-14)25-16-8-9-17(25)13-24-18(11-16)22-23-19(24)15-7-4-10-21-12-15/h4,7,10,12,14,16-17H,1-3,5-6,8-9,11,13H2. The van der Waals surface area contributed by atoms with Crippen LogP contribution in [0, 0.1) is 5.92 Å². The molecule has 0 radical (unpaired) electrons. The summed E-state index contributed by atoms with van der Waals surface area (Å²) < 4.78 is 2.22. The van der Waals surface area contributed by atoms with E-state index in [-0.39, 0.29) is 12.0 Å². The van der Waals surface area contributed by atoms with Gasteiger partial charge in [-0.2, -0.15) is 0 Å². The first-order valence-electron chi connectivity index (χ1n) is 9.96. The molecule has 3 aliphatic rings. The van der Waals surface area contributed by atoms with E-state index in [9.17, 15) is 4.79 Å². The molecule has 2 aromatic rings. The monoisotopic (exact) mass is 351 g/mol. The van der Waals surface area contributed by atoms with E-state index >= 15 is 0 Å². The van der Waals surface area contributed by atoms with Crippen LogP contribution in [0.3, 0.4) is 0 Å². The summed E-state index contributed by atoms with van der Waals surface area (Å²) in [5, 5.41) is 8.90. The molecule has 2 aliphatic heterocycles. The van der Waals surface area contributed by atoms with Gasteiger partial charge in [0.25, 0.3) is 0 Å². The summed E-state index contributed by atoms with van der Waals surface area (Å²) in [7, 11) is 0. The molecule has 2 unspecified atom stereocenters. The normalized spacial score (nSPS) is 25.8. The summed E-state index contributed by atoms with van der Waals surface area (Å²) in [5.41, 5.74) is 0.995. The van der Waals surface area contributed by atoms with Crippen LogP contribution in [0.1, 0.15) is 50.8 Å². The molecule has 1 saturated heterocycles. The maximum atomic E-state index is 13.3. The summed E-state index contributed by atoms with van der Waals surface area (Å²) in [6.07, 6.45) is 12.5. The number of nitrogens with zero attached hydrogens (tertiary/aromatic N) is 5. The summed E-state index contributed by atoms with van der Waals surface area (Å²) >= 11 is 0. The molecular formula is C20H25N5O. The maximum absolute atomic E-state index is 13.3. The Morgan fingerprint density at radius 2 is 1.88 bits per heavy atom. The smallest absolute Gasteiger partial charge is 0.226 e. The second-order valence-corrected chi connectivity index (χ2v) is 7.96. The SMILES string of the molecule is O=C(C1CCCCC1)N1C2CCC1Cn1c(nnc1-c1cccnc1)C2. The van der Waals surface area contributed by atoms with Gasteiger partial charge < -0.3 is 9.47 Å². The molecule has 2 atom stereocenters. The third-order valence-corrected chi connectivity index (χ3v) is 6.39. The first-order valence-corrected chi connectivity index (χ1v) is 9.96. The van der Waals surface area contributed by atoms with E-state index in [4.69, 9.17) is 0 Å². The van der Waals surface area contributed by atoms with E-state index in [1.165, 1.54) is 19.3 Å². The summed E-state index contributed by atoms with van der Waals surface area (Å²) in [5.74, 6) is 2.54. The highest BCUT2D eigenvalue weighted by Crippen LogP contribution is 2.36. The van der Waals surface area contributed by atoms with Crippen LogP contribution in [-0.4, -0.2) is 42.6 Å². The van der Waals surface area contributed by atoms with Crippen LogP contribution in [0.5, 0.6) is 0 Å². The number of rotatable bonds is 2. The fraction of sp³-hybridized carbons (Fsp3) is 0.600. The van der Waals surface area contributed by atoms with Crippen molar-refractivity contribution in [1.29, 1.82) is 0 Å². The van der Waals surface area contributed by atoms with Gasteiger partial charge in [0.2, 0.25) is 5.91 Å². The molecule has 1 amide bonds. The van der Waals surface area contributed by atoms with Gasteiger partial charge in [-0.25, -0.2) is 0 Å². The van der Waals surface area contributed by atoms with Crippen molar-refractivity contribution in [3.8, 4) is 11.4 Å². The quantitative estimate of drug-likeness (QED) is 0.835. The summed E-state index contributed by atoms with van der Waals surface area (Å²) in [4.78, 5) is 19.7. The number of pyridine rings is 1. The molecule has 1 saturated carbocycles. The fourth-order valence-corrected chi connectivity index (χ4v) is 5.07. The number of carbonyl (C=O) groups excluding carboxylic acids is 1. The lowest BCUT2D eigenvalue weighted by atomic mass is 9.88. The number of hydrogen-bond acceptors (Lipinski definition) is 4. The zero-order valence-electron chi connectivity index (χ0n) is 15.0. The summed E-state index contributed by atoms with van der Waals surface area (Å²) in [6, 6.07) is 4.53. The Bertz CT molecular complexity index is 796. The number of hydrogen-bond donors (Lipinski definition) is 0. The van der Waals surface area contributed by atoms with Crippen molar-refractivity contribution < 1.29 is 4.79 Å². The molecule has 6 heteroatoms. The third-order valence-electron chi connectivity index (χ3n) is 6.39. The topological polar surface area (TPSA) is 63.9 Å². The predicted molar refractivity (Wildman–Crippen MR) is 97.2 cm³/mol. The molecule has 0 aromatic carbocycles. The van der Waals surface area contributed by atoms with Gasteiger partial charge in [0, 0.05) is 42.9 Å². The molecule has 2 bridgehead atoms. The Morgan fingerprint density at radius 1 is 1.04 bits per heavy atom. The van der Waals surface area contributed by atoms with Crippen molar-refractivity contribution in [2.45, 2.75) is 70.0 Å². The first kappa shape index (κ1) is 16.0. The Kier molecular flexibility index (Phi) is 3.98. The van der Waals surface area contributed by atoms with E-state index in [1.54, 1.807) is 6.20 Å². The summed E-state index contributed by atoms with van der Waals surface area (Å²) in [6.45, 7) is 0.807. The highest BCUT2D eigenvalue weighted by Gasteiger charge is 2.43. The Morgan fingerprint density at radius 3 is 2.69 bits per heavy atom. The van der Waals surface area contributed by atoms with Gasteiger partial charge >= 0.3 is 0 Å². The molecule has 5 rings (SSSR count). The molecule has 136 valence electrons. The molecule has 0 spiro atoms. The molecule has 2 fully saturated rings. The minimum absolute atomic E-state index is 0.244. The van der Waals surface area contributed by atoms with Crippen molar-refractivity contribution in [3.05, 3.63) is 30.4 Å². The second-order valence-electron chi connectivity index (χ2n) is 7.96. The minimum Gasteiger partial charge on any atom is -0.334 e. The van der Waals surface area contributed by atoms with Crippen LogP contribution in [0.25, 0.3) is 11.4 Å². The highest BCUT2D eigenvalue weighted by molar-refractivity contribution is 5.80. The molecule has 0 N–H and O–H groups in total. The highest BCUT2D eigenvalue weighted by atomic mass is 16.2. The van der Waals surface area contributed by atoms with Crippen molar-refractivity contribution in [3.63, 3.8) is 0 Å². The zero-order valence-corrected chi connectivity index (χ0v) is 15.0. The van der Waals surface area contributed by atoms with Crippen LogP contribution >= 0.6 is 0 Å². The van der Waals surface area contributed by atoms with E-state index in [0.29, 0.717) is 11.9 Å². The van der Waals surface area contributed by atoms with E-state index in [1.807, 2.05) is 18.3 Å². The average Bonchev–Trinajstić information content (AvgIpc) is 3.22. The fourth-order valence-electron chi connectivity index (χ4n) is 5.07. The first-order chi connectivity index (χ1) is 12.8. The van der Waals surface area contributed by atoms with Crippen LogP contribution in [0.15, 0.2) is 24.5 Å². The zero-order chi connectivity index (χ0) is 17.5. The number of fused-ring (bicyclic) bond motifs is 3. The van der Waals surface area contributed by atoms with Gasteiger partial charge in [-0.1, -0.05) is 19.3 Å². The molecular weight excluding hydrogens is 326 g/mol. The second kappa shape index (κ2) is 6.49. The molecule has 4 heterocycles. The number of aromatic nitrogens is 4. The van der Waals surface area contributed by atoms with Gasteiger partial charge in [0.15, 0.2) is 5.82 Å². The average molecular weight is 351 g/mol. The van der Waals surface area contributed by atoms with Crippen LogP contribution in [0.2, 0.25) is 0 Å². The largest absolute Gasteiger partial charge is 0.334 e. The lowest BCUT2D eigenvalue weighted by Crippen LogP contribution is -2.45. The van der Waals surface area contributed by atoms with E-state index in [0.717, 1.165) is 55.9 Å².